The molecule has 0 radical (unpaired) electrons. The van der Waals surface area contributed by atoms with E-state index in [-0.39, 0.29) is 24.9 Å². The average Bonchev–Trinajstić information content (AvgIpc) is 2.81. The number of methoxy groups -OCH3 is 1. The summed E-state index contributed by atoms with van der Waals surface area (Å²) in [5, 5.41) is 3.42. The summed E-state index contributed by atoms with van der Waals surface area (Å²) in [5.41, 5.74) is 3.53. The topological polar surface area (TPSA) is 75.7 Å². The Morgan fingerprint density at radius 3 is 2.26 bits per heavy atom. The molecule has 0 heterocycles. The second-order valence-corrected chi connectivity index (χ2v) is 10.4. The molecule has 0 aliphatic rings. The van der Waals surface area contributed by atoms with Crippen molar-refractivity contribution in [2.24, 2.45) is 0 Å². The fraction of sp³-hybridized carbons (Fsp3) is 0.269. The normalized spacial score (nSPS) is 12.1. The van der Waals surface area contributed by atoms with Gasteiger partial charge in [0.05, 0.1) is 30.1 Å². The van der Waals surface area contributed by atoms with Crippen molar-refractivity contribution >= 4 is 33.2 Å². The third-order valence-electron chi connectivity index (χ3n) is 5.44. The van der Waals surface area contributed by atoms with Crippen LogP contribution in [0, 0.1) is 6.92 Å². The van der Waals surface area contributed by atoms with Crippen molar-refractivity contribution in [2.45, 2.75) is 25.8 Å². The first-order chi connectivity index (χ1) is 16.2. The van der Waals surface area contributed by atoms with E-state index in [1.807, 2.05) is 61.5 Å². The number of anilines is 1. The van der Waals surface area contributed by atoms with E-state index < -0.39 is 10.0 Å². The lowest BCUT2D eigenvalue weighted by Gasteiger charge is -2.23. The zero-order valence-electron chi connectivity index (χ0n) is 19.5. The smallest absolute Gasteiger partial charge is 0.232 e. The molecule has 0 saturated carbocycles. The molecular formula is C26H29ClN2O4S. The predicted octanol–water partition coefficient (Wildman–Crippen LogP) is 5.11. The molecule has 0 aromatic heterocycles. The van der Waals surface area contributed by atoms with Gasteiger partial charge < -0.3 is 10.1 Å². The summed E-state index contributed by atoms with van der Waals surface area (Å²) in [5.74, 6) is 0.303. The maximum absolute atomic E-state index is 12.9. The maximum atomic E-state index is 12.9. The van der Waals surface area contributed by atoms with Crippen LogP contribution in [-0.4, -0.2) is 34.2 Å². The molecule has 3 aromatic carbocycles. The van der Waals surface area contributed by atoms with Gasteiger partial charge in [-0.25, -0.2) is 8.42 Å². The van der Waals surface area contributed by atoms with E-state index in [0.717, 1.165) is 22.9 Å². The molecule has 3 rings (SSSR count). The largest absolute Gasteiger partial charge is 0.495 e. The van der Waals surface area contributed by atoms with Gasteiger partial charge >= 0.3 is 0 Å². The van der Waals surface area contributed by atoms with Crippen LogP contribution in [0.15, 0.2) is 72.8 Å². The minimum absolute atomic E-state index is 0.148. The van der Waals surface area contributed by atoms with Crippen molar-refractivity contribution in [1.29, 1.82) is 0 Å². The Hall–Kier alpha value is -3.03. The molecular weight excluding hydrogens is 472 g/mol. The number of hydrogen-bond acceptors (Lipinski definition) is 4. The number of carbonyl (C=O) groups excluding carboxylic acids is 1. The number of aryl methyl sites for hydroxylation is 1. The van der Waals surface area contributed by atoms with E-state index in [1.54, 1.807) is 18.2 Å². The Morgan fingerprint density at radius 1 is 1.03 bits per heavy atom. The number of halogens is 1. The zero-order valence-corrected chi connectivity index (χ0v) is 21.1. The Kier molecular flexibility index (Phi) is 8.58. The molecule has 3 aromatic rings. The first kappa shape index (κ1) is 25.6. The van der Waals surface area contributed by atoms with E-state index in [1.165, 1.54) is 11.4 Å². The van der Waals surface area contributed by atoms with Gasteiger partial charge in [0.25, 0.3) is 0 Å². The summed E-state index contributed by atoms with van der Waals surface area (Å²) in [6, 6.07) is 22.3. The van der Waals surface area contributed by atoms with Crippen LogP contribution >= 0.6 is 11.6 Å². The minimum atomic E-state index is -3.56. The van der Waals surface area contributed by atoms with Gasteiger partial charge in [-0.3, -0.25) is 9.10 Å². The van der Waals surface area contributed by atoms with Gasteiger partial charge in [0.1, 0.15) is 5.75 Å². The van der Waals surface area contributed by atoms with Gasteiger partial charge in [0.2, 0.25) is 15.9 Å². The van der Waals surface area contributed by atoms with Crippen LogP contribution in [0.5, 0.6) is 5.75 Å². The highest BCUT2D eigenvalue weighted by atomic mass is 35.5. The molecule has 0 aliphatic carbocycles. The van der Waals surface area contributed by atoms with Crippen LogP contribution in [0.2, 0.25) is 5.02 Å². The number of benzene rings is 3. The molecule has 1 atom stereocenters. The predicted molar refractivity (Wildman–Crippen MR) is 137 cm³/mol. The van der Waals surface area contributed by atoms with Crippen molar-refractivity contribution in [2.75, 3.05) is 24.2 Å². The third kappa shape index (κ3) is 6.74. The van der Waals surface area contributed by atoms with Gasteiger partial charge in [-0.2, -0.15) is 0 Å². The lowest BCUT2D eigenvalue weighted by Crippen LogP contribution is -2.33. The first-order valence-electron chi connectivity index (χ1n) is 10.9. The molecule has 0 bridgehead atoms. The lowest BCUT2D eigenvalue weighted by molar-refractivity contribution is -0.121. The number of hydrogen-bond donors (Lipinski definition) is 1. The number of rotatable bonds is 10. The highest BCUT2D eigenvalue weighted by molar-refractivity contribution is 7.92. The monoisotopic (exact) mass is 500 g/mol. The molecule has 0 aliphatic heterocycles. The van der Waals surface area contributed by atoms with Crippen LogP contribution in [0.25, 0.3) is 0 Å². The Balaban J connectivity index is 1.70. The highest BCUT2D eigenvalue weighted by Gasteiger charge is 2.20. The lowest BCUT2D eigenvalue weighted by atomic mass is 9.97. The summed E-state index contributed by atoms with van der Waals surface area (Å²) in [6.07, 6.45) is 1.65. The molecule has 8 heteroatoms. The van der Waals surface area contributed by atoms with Crippen LogP contribution in [0.3, 0.4) is 0 Å². The van der Waals surface area contributed by atoms with Crippen molar-refractivity contribution in [3.8, 4) is 5.75 Å². The minimum Gasteiger partial charge on any atom is -0.495 e. The summed E-state index contributed by atoms with van der Waals surface area (Å²) < 4.78 is 31.2. The van der Waals surface area contributed by atoms with E-state index in [4.69, 9.17) is 16.3 Å². The molecule has 6 nitrogen and oxygen atoms in total. The van der Waals surface area contributed by atoms with Gasteiger partial charge in [-0.15, -0.1) is 0 Å². The van der Waals surface area contributed by atoms with E-state index in [9.17, 15) is 13.2 Å². The molecule has 0 unspecified atom stereocenters. The van der Waals surface area contributed by atoms with Crippen molar-refractivity contribution in [3.05, 3.63) is 94.5 Å². The first-order valence-corrected chi connectivity index (χ1v) is 13.1. The van der Waals surface area contributed by atoms with Gasteiger partial charge in [0.15, 0.2) is 0 Å². The number of nitrogens with zero attached hydrogens (tertiary/aromatic N) is 1. The van der Waals surface area contributed by atoms with Gasteiger partial charge in [-0.05, 0) is 42.7 Å². The SMILES string of the molecule is COc1ccc(N(CCCC(=O)N[C@H](c2ccccc2)c2ccc(C)cc2)S(C)(=O)=O)cc1Cl. The van der Waals surface area contributed by atoms with Gasteiger partial charge in [0, 0.05) is 13.0 Å². The molecule has 180 valence electrons. The zero-order chi connectivity index (χ0) is 24.7. The van der Waals surface area contributed by atoms with E-state index in [0.29, 0.717) is 22.9 Å². The van der Waals surface area contributed by atoms with Crippen LogP contribution < -0.4 is 14.4 Å². The van der Waals surface area contributed by atoms with Crippen LogP contribution in [0.1, 0.15) is 35.6 Å². The number of carbonyl (C=O) groups is 1. The van der Waals surface area contributed by atoms with Crippen molar-refractivity contribution in [1.82, 2.24) is 5.32 Å². The number of amides is 1. The van der Waals surface area contributed by atoms with E-state index >= 15 is 0 Å². The summed E-state index contributed by atoms with van der Waals surface area (Å²) in [7, 11) is -2.07. The van der Waals surface area contributed by atoms with E-state index in [2.05, 4.69) is 5.32 Å². The molecule has 1 N–H and O–H groups in total. The summed E-state index contributed by atoms with van der Waals surface area (Å²) >= 11 is 6.18. The average molecular weight is 501 g/mol. The maximum Gasteiger partial charge on any atom is 0.232 e. The quantitative estimate of drug-likeness (QED) is 0.419. The molecule has 0 fully saturated rings. The second kappa shape index (κ2) is 11.4. The molecule has 0 spiro atoms. The Bertz CT molecular complexity index is 1220. The number of ether oxygens (including phenoxy) is 1. The second-order valence-electron chi connectivity index (χ2n) is 8.08. The fourth-order valence-corrected chi connectivity index (χ4v) is 4.89. The standard InChI is InChI=1S/C26H29ClN2O4S/c1-19-11-13-21(14-12-19)26(20-8-5-4-6-9-20)28-25(30)10-7-17-29(34(3,31)32)22-15-16-24(33-2)23(27)18-22/h4-6,8-9,11-16,18,26H,7,10,17H2,1-3H3,(H,28,30)/t26-/m1/s1. The molecule has 0 saturated heterocycles. The Morgan fingerprint density at radius 2 is 1.68 bits per heavy atom. The summed E-state index contributed by atoms with van der Waals surface area (Å²) in [6.45, 7) is 2.17. The van der Waals surface area contributed by atoms with Crippen LogP contribution in [0.4, 0.5) is 5.69 Å². The summed E-state index contributed by atoms with van der Waals surface area (Å²) in [4.78, 5) is 12.9. The van der Waals surface area contributed by atoms with Gasteiger partial charge in [-0.1, -0.05) is 71.8 Å². The highest BCUT2D eigenvalue weighted by Crippen LogP contribution is 2.30. The molecule has 1 amide bonds. The number of sulfonamides is 1. The fourth-order valence-electron chi connectivity index (χ4n) is 3.68. The molecule has 34 heavy (non-hydrogen) atoms. The van der Waals surface area contributed by atoms with Crippen molar-refractivity contribution in [3.63, 3.8) is 0 Å². The third-order valence-corrected chi connectivity index (χ3v) is 6.93. The number of nitrogens with one attached hydrogen (secondary N) is 1. The Labute approximate surface area is 206 Å². The van der Waals surface area contributed by atoms with Crippen LogP contribution in [-0.2, 0) is 14.8 Å². The van der Waals surface area contributed by atoms with Crippen molar-refractivity contribution < 1.29 is 17.9 Å².